The minimum Gasteiger partial charge on any atom is -0.326 e. The van der Waals surface area contributed by atoms with Crippen molar-refractivity contribution >= 4 is 23.2 Å². The predicted octanol–water partition coefficient (Wildman–Crippen LogP) is 4.43. The fraction of sp³-hybridized carbons (Fsp3) is 0.409. The van der Waals surface area contributed by atoms with Gasteiger partial charge in [0.05, 0.1) is 5.71 Å². The van der Waals surface area contributed by atoms with Gasteiger partial charge in [0.15, 0.2) is 0 Å². The predicted molar refractivity (Wildman–Crippen MR) is 111 cm³/mol. The summed E-state index contributed by atoms with van der Waals surface area (Å²) in [4.78, 5) is 24.1. The van der Waals surface area contributed by atoms with Crippen molar-refractivity contribution in [2.75, 3.05) is 5.32 Å². The van der Waals surface area contributed by atoms with E-state index < -0.39 is 0 Å². The molecular weight excluding hydrogens is 338 g/mol. The molecule has 0 saturated heterocycles. The normalized spacial score (nSPS) is 18.0. The Morgan fingerprint density at radius 1 is 1.15 bits per heavy atom. The number of hydrogen-bond donors (Lipinski definition) is 2. The molecule has 0 aromatic heterocycles. The Bertz CT molecular complexity index is 806. The molecule has 1 unspecified atom stereocenters. The van der Waals surface area contributed by atoms with Crippen molar-refractivity contribution in [1.29, 1.82) is 0 Å². The second kappa shape index (κ2) is 9.31. The van der Waals surface area contributed by atoms with E-state index in [1.807, 2.05) is 45.9 Å². The summed E-state index contributed by atoms with van der Waals surface area (Å²) in [6.45, 7) is 12.0. The lowest BCUT2D eigenvalue weighted by atomic mass is 9.85. The number of nitrogens with one attached hydrogen (secondary N) is 2. The van der Waals surface area contributed by atoms with E-state index in [2.05, 4.69) is 28.5 Å². The van der Waals surface area contributed by atoms with Gasteiger partial charge in [-0.2, -0.15) is 5.10 Å². The highest BCUT2D eigenvalue weighted by molar-refractivity contribution is 6.01. The average molecular weight is 367 g/mol. The summed E-state index contributed by atoms with van der Waals surface area (Å²) in [5.41, 5.74) is 8.70. The summed E-state index contributed by atoms with van der Waals surface area (Å²) >= 11 is 0. The van der Waals surface area contributed by atoms with Crippen LogP contribution in [0.4, 0.5) is 5.69 Å². The number of aryl methyl sites for hydroxylation is 2. The molecule has 0 heterocycles. The quantitative estimate of drug-likeness (QED) is 0.577. The molecule has 1 aromatic rings. The van der Waals surface area contributed by atoms with Gasteiger partial charge in [-0.25, -0.2) is 5.43 Å². The summed E-state index contributed by atoms with van der Waals surface area (Å²) in [6.07, 6.45) is 4.09. The molecule has 2 amide bonds. The van der Waals surface area contributed by atoms with Crippen LogP contribution >= 0.6 is 0 Å². The Morgan fingerprint density at radius 2 is 1.85 bits per heavy atom. The molecule has 1 aliphatic carbocycles. The van der Waals surface area contributed by atoms with Gasteiger partial charge in [0.25, 0.3) is 0 Å². The van der Waals surface area contributed by atoms with Crippen molar-refractivity contribution in [1.82, 2.24) is 5.43 Å². The van der Waals surface area contributed by atoms with Gasteiger partial charge in [-0.3, -0.25) is 9.59 Å². The fourth-order valence-electron chi connectivity index (χ4n) is 2.88. The van der Waals surface area contributed by atoms with E-state index in [9.17, 15) is 9.59 Å². The Morgan fingerprint density at radius 3 is 2.52 bits per heavy atom. The van der Waals surface area contributed by atoms with Crippen molar-refractivity contribution in [2.24, 2.45) is 11.0 Å². The number of nitrogens with zero attached hydrogens (tertiary/aromatic N) is 1. The molecule has 0 radical (unpaired) electrons. The van der Waals surface area contributed by atoms with E-state index in [4.69, 9.17) is 0 Å². The van der Waals surface area contributed by atoms with Crippen LogP contribution in [0.5, 0.6) is 0 Å². The van der Waals surface area contributed by atoms with E-state index in [1.54, 1.807) is 0 Å². The third kappa shape index (κ3) is 6.20. The van der Waals surface area contributed by atoms with Crippen LogP contribution < -0.4 is 10.7 Å². The Hall–Kier alpha value is -2.69. The minimum absolute atomic E-state index is 0.0974. The largest absolute Gasteiger partial charge is 0.326 e. The number of anilines is 1. The molecule has 0 fully saturated rings. The third-order valence-corrected chi connectivity index (χ3v) is 4.99. The fourth-order valence-corrected chi connectivity index (χ4v) is 2.88. The molecule has 0 spiro atoms. The zero-order valence-electron chi connectivity index (χ0n) is 16.7. The lowest BCUT2D eigenvalue weighted by molar-refractivity contribution is -0.124. The molecular formula is C22H29N3O2. The topological polar surface area (TPSA) is 70.6 Å². The molecule has 0 saturated carbocycles. The van der Waals surface area contributed by atoms with Crippen LogP contribution in [-0.2, 0) is 9.59 Å². The average Bonchev–Trinajstić information content (AvgIpc) is 2.62. The van der Waals surface area contributed by atoms with E-state index >= 15 is 0 Å². The first-order valence-electron chi connectivity index (χ1n) is 9.31. The highest BCUT2D eigenvalue weighted by Gasteiger charge is 2.18. The van der Waals surface area contributed by atoms with Crippen LogP contribution in [0.3, 0.4) is 0 Å². The molecule has 2 N–H and O–H groups in total. The summed E-state index contributed by atoms with van der Waals surface area (Å²) in [5, 5.41) is 7.08. The van der Waals surface area contributed by atoms with Gasteiger partial charge in [-0.05, 0) is 75.3 Å². The molecule has 1 atom stereocenters. The maximum Gasteiger partial charge on any atom is 0.240 e. The van der Waals surface area contributed by atoms with Crippen molar-refractivity contribution in [3.63, 3.8) is 0 Å². The van der Waals surface area contributed by atoms with Crippen molar-refractivity contribution in [3.05, 3.63) is 53.1 Å². The van der Waals surface area contributed by atoms with Gasteiger partial charge in [0.1, 0.15) is 0 Å². The molecule has 0 bridgehead atoms. The smallest absolute Gasteiger partial charge is 0.240 e. The number of rotatable bonds is 6. The first-order valence-corrected chi connectivity index (χ1v) is 9.31. The van der Waals surface area contributed by atoms with E-state index in [-0.39, 0.29) is 24.7 Å². The number of hydrogen-bond acceptors (Lipinski definition) is 3. The van der Waals surface area contributed by atoms with Crippen LogP contribution in [0, 0.1) is 19.8 Å². The van der Waals surface area contributed by atoms with E-state index in [1.165, 1.54) is 5.56 Å². The number of hydrazone groups is 1. The molecule has 2 rings (SSSR count). The monoisotopic (exact) mass is 367 g/mol. The van der Waals surface area contributed by atoms with Crippen molar-refractivity contribution in [2.45, 2.75) is 53.4 Å². The number of benzene rings is 1. The number of carbonyl (C=O) groups is 2. The van der Waals surface area contributed by atoms with Crippen LogP contribution in [0.2, 0.25) is 0 Å². The van der Waals surface area contributed by atoms with Crippen LogP contribution in [0.25, 0.3) is 0 Å². The lowest BCUT2D eigenvalue weighted by Crippen LogP contribution is -2.24. The first-order chi connectivity index (χ1) is 12.8. The number of allylic oxidation sites excluding steroid dienone is 3. The molecule has 27 heavy (non-hydrogen) atoms. The van der Waals surface area contributed by atoms with E-state index in [0.717, 1.165) is 41.0 Å². The molecule has 1 aromatic carbocycles. The number of amides is 2. The molecule has 0 aliphatic heterocycles. The second-order valence-electron chi connectivity index (χ2n) is 7.31. The number of carbonyl (C=O) groups excluding carboxylic acids is 2. The summed E-state index contributed by atoms with van der Waals surface area (Å²) in [7, 11) is 0. The maximum atomic E-state index is 12.0. The lowest BCUT2D eigenvalue weighted by Gasteiger charge is -2.22. The molecule has 1 aliphatic rings. The summed E-state index contributed by atoms with van der Waals surface area (Å²) < 4.78 is 0. The molecule has 144 valence electrons. The Balaban J connectivity index is 1.82. The summed E-state index contributed by atoms with van der Waals surface area (Å²) in [5.74, 6) is -0.0757. The third-order valence-electron chi connectivity index (χ3n) is 4.99. The Kier molecular flexibility index (Phi) is 7.11. The van der Waals surface area contributed by atoms with Gasteiger partial charge in [-0.15, -0.1) is 0 Å². The first kappa shape index (κ1) is 20.6. The van der Waals surface area contributed by atoms with Gasteiger partial charge in [0, 0.05) is 18.5 Å². The van der Waals surface area contributed by atoms with Crippen molar-refractivity contribution < 1.29 is 9.59 Å². The highest BCUT2D eigenvalue weighted by Crippen LogP contribution is 2.26. The van der Waals surface area contributed by atoms with E-state index in [0.29, 0.717) is 5.92 Å². The standard InChI is InChI=1S/C22H29N3O2/c1-14(2)18-8-6-16(4)20(13-18)24-25-22(27)11-10-21(26)23-19-9-7-15(3)17(5)12-19/h6-7,9,12,18H,1,8,10-11,13H2,2-5H3,(H,23,26)(H,25,27)/b24-20+. The van der Waals surface area contributed by atoms with Crippen LogP contribution in [0.15, 0.2) is 47.1 Å². The van der Waals surface area contributed by atoms with Gasteiger partial charge in [-0.1, -0.05) is 24.3 Å². The SMILES string of the molecule is C=C(C)C1CC=C(C)/C(=N/NC(=O)CCC(=O)Nc2ccc(C)c(C)c2)C1. The summed E-state index contributed by atoms with van der Waals surface area (Å²) in [6, 6.07) is 5.75. The maximum absolute atomic E-state index is 12.0. The van der Waals surface area contributed by atoms with Crippen LogP contribution in [-0.4, -0.2) is 17.5 Å². The van der Waals surface area contributed by atoms with Crippen molar-refractivity contribution in [3.8, 4) is 0 Å². The Labute approximate surface area is 161 Å². The van der Waals surface area contributed by atoms with Gasteiger partial charge in [0.2, 0.25) is 11.8 Å². The minimum atomic E-state index is -0.261. The zero-order chi connectivity index (χ0) is 20.0. The zero-order valence-corrected chi connectivity index (χ0v) is 16.7. The van der Waals surface area contributed by atoms with Gasteiger partial charge < -0.3 is 5.32 Å². The second-order valence-corrected chi connectivity index (χ2v) is 7.31. The van der Waals surface area contributed by atoms with Gasteiger partial charge >= 0.3 is 0 Å². The highest BCUT2D eigenvalue weighted by atomic mass is 16.2. The van der Waals surface area contributed by atoms with Crippen LogP contribution in [0.1, 0.15) is 50.7 Å². The molecule has 5 nitrogen and oxygen atoms in total. The molecule has 5 heteroatoms.